The zero-order valence-corrected chi connectivity index (χ0v) is 27.5. The number of hydrogen-bond donors (Lipinski definition) is 0. The Labute approximate surface area is 254 Å². The van der Waals surface area contributed by atoms with Crippen molar-refractivity contribution < 1.29 is 0 Å². The Bertz CT molecular complexity index is 1050. The van der Waals surface area contributed by atoms with Gasteiger partial charge >= 0.3 is 7.57 Å². The predicted octanol–water partition coefficient (Wildman–Crippen LogP) is 11.1. The smallest absolute Gasteiger partial charge is 0.251 e. The maximum Gasteiger partial charge on any atom is 0.366 e. The van der Waals surface area contributed by atoms with E-state index in [0.717, 1.165) is 40.2 Å². The molecule has 220 valence electrons. The van der Waals surface area contributed by atoms with Crippen molar-refractivity contribution in [2.75, 3.05) is 0 Å². The zero-order valence-electron chi connectivity index (χ0n) is 25.7. The van der Waals surface area contributed by atoms with Crippen molar-refractivity contribution >= 4 is 22.6 Å². The highest BCUT2D eigenvalue weighted by atomic mass is 31.2. The molecule has 0 saturated heterocycles. The monoisotopic (exact) mass is 587 g/mol. The van der Waals surface area contributed by atoms with Gasteiger partial charge in [-0.25, -0.2) is 4.98 Å². The maximum absolute atomic E-state index is 7.65. The quantitative estimate of drug-likeness (QED) is 0.215. The number of rotatable bonds is 9. The van der Waals surface area contributed by atoms with Crippen molar-refractivity contribution in [3.8, 4) is 11.4 Å². The minimum atomic E-state index is -1.59. The zero-order chi connectivity index (χ0) is 27.9. The van der Waals surface area contributed by atoms with E-state index in [2.05, 4.69) is 36.4 Å². The van der Waals surface area contributed by atoms with Crippen LogP contribution in [-0.2, 0) is 12.3 Å². The fourth-order valence-electron chi connectivity index (χ4n) is 8.95. The summed E-state index contributed by atoms with van der Waals surface area (Å²) < 4.78 is 0. The van der Waals surface area contributed by atoms with Crippen molar-refractivity contribution in [3.63, 3.8) is 0 Å². The predicted molar refractivity (Wildman–Crippen MR) is 182 cm³/mol. The van der Waals surface area contributed by atoms with Crippen molar-refractivity contribution in [2.45, 2.75) is 163 Å². The molecule has 6 rings (SSSR count). The number of hydrogen-bond acceptors (Lipinski definition) is 2. The molecule has 0 bridgehead atoms. The molecule has 0 N–H and O–H groups in total. The van der Waals surface area contributed by atoms with Crippen LogP contribution in [-0.4, -0.2) is 40.2 Å². The molecule has 4 saturated carbocycles. The summed E-state index contributed by atoms with van der Waals surface area (Å²) in [4.78, 5) is 10.6. The first-order valence-electron chi connectivity index (χ1n) is 17.5. The number of nitrogens with zero attached hydrogens (tertiary/aromatic N) is 2. The average Bonchev–Trinajstić information content (AvgIpc) is 3.05. The molecule has 41 heavy (non-hydrogen) atoms. The van der Waals surface area contributed by atoms with Gasteiger partial charge in [-0.2, -0.15) is 0 Å². The minimum absolute atomic E-state index is 0.0104. The van der Waals surface area contributed by atoms with E-state index in [1.807, 2.05) is 0 Å². The van der Waals surface area contributed by atoms with Gasteiger partial charge in [0.25, 0.3) is 0 Å². The molecule has 0 aromatic carbocycles. The Morgan fingerprint density at radius 2 is 0.976 bits per heavy atom. The van der Waals surface area contributed by atoms with Gasteiger partial charge in [0.1, 0.15) is 0 Å². The first-order valence-corrected chi connectivity index (χ1v) is 21.4. The van der Waals surface area contributed by atoms with Gasteiger partial charge in [-0.3, -0.25) is 4.98 Å². The van der Waals surface area contributed by atoms with Gasteiger partial charge in [0, 0.05) is 11.9 Å². The summed E-state index contributed by atoms with van der Waals surface area (Å²) in [7, 11) is 6.06. The third-order valence-electron chi connectivity index (χ3n) is 11.3. The average molecular weight is 588 g/mol. The lowest BCUT2D eigenvalue weighted by atomic mass is 9.99. The molecule has 2 nitrogen and oxygen atoms in total. The van der Waals surface area contributed by atoms with Crippen molar-refractivity contribution in [3.05, 3.63) is 47.8 Å². The first-order chi connectivity index (χ1) is 20.2. The summed E-state index contributed by atoms with van der Waals surface area (Å²) >= 11 is 0. The summed E-state index contributed by atoms with van der Waals surface area (Å²) in [5, 5.41) is 0. The lowest BCUT2D eigenvalue weighted by molar-refractivity contribution is 0.481. The van der Waals surface area contributed by atoms with E-state index in [9.17, 15) is 0 Å². The van der Waals surface area contributed by atoms with Crippen LogP contribution in [0.1, 0.15) is 140 Å². The van der Waals surface area contributed by atoms with Crippen LogP contribution in [0.4, 0.5) is 0 Å². The van der Waals surface area contributed by atoms with Crippen LogP contribution in [0.2, 0.25) is 0 Å². The molecule has 2 aromatic rings. The van der Waals surface area contributed by atoms with Crippen LogP contribution < -0.4 is 0 Å². The normalized spacial score (nSPS) is 22.8. The van der Waals surface area contributed by atoms with Crippen LogP contribution in [0, 0.1) is 0 Å². The lowest BCUT2D eigenvalue weighted by Gasteiger charge is -2.42. The fraction of sp³-hybridized carbons (Fsp3) is 0.722. The van der Waals surface area contributed by atoms with E-state index in [1.54, 1.807) is 0 Å². The Morgan fingerprint density at radius 3 is 1.46 bits per heavy atom. The first kappa shape index (κ1) is 30.3. The Balaban J connectivity index is 1.21. The minimum Gasteiger partial charge on any atom is -0.251 e. The molecule has 0 spiro atoms. The molecular weight excluding hydrogens is 533 g/mol. The molecule has 2 radical (unpaired) electrons. The van der Waals surface area contributed by atoms with Crippen LogP contribution in [0.25, 0.3) is 11.4 Å². The van der Waals surface area contributed by atoms with E-state index in [4.69, 9.17) is 17.5 Å². The third-order valence-corrected chi connectivity index (χ3v) is 19.5. The second-order valence-electron chi connectivity index (χ2n) is 14.0. The largest absolute Gasteiger partial charge is 0.366 e. The lowest BCUT2D eigenvalue weighted by Crippen LogP contribution is -2.29. The van der Waals surface area contributed by atoms with Gasteiger partial charge in [0.15, 0.2) is 0 Å². The number of aromatic nitrogens is 2. The van der Waals surface area contributed by atoms with Crippen LogP contribution >= 0.6 is 15.1 Å². The fourth-order valence-corrected chi connectivity index (χ4v) is 17.2. The van der Waals surface area contributed by atoms with E-state index < -0.39 is 7.14 Å². The van der Waals surface area contributed by atoms with Crippen molar-refractivity contribution in [2.24, 2.45) is 0 Å². The second kappa shape index (κ2) is 14.8. The summed E-state index contributed by atoms with van der Waals surface area (Å²) in [6.45, 7) is 0. The molecule has 2 aromatic heterocycles. The molecule has 5 heteroatoms. The Morgan fingerprint density at radius 1 is 0.561 bits per heavy atom. The van der Waals surface area contributed by atoms with Gasteiger partial charge in [-0.15, -0.1) is 0 Å². The van der Waals surface area contributed by atoms with Gasteiger partial charge in [0.05, 0.1) is 34.6 Å². The molecular formula is C36H54BN2P2+. The molecule has 0 unspecified atom stereocenters. The maximum atomic E-state index is 7.65. The van der Waals surface area contributed by atoms with Gasteiger partial charge in [0.2, 0.25) is 0 Å². The molecule has 0 atom stereocenters. The molecule has 0 aliphatic heterocycles. The summed E-state index contributed by atoms with van der Waals surface area (Å²) in [5.41, 5.74) is 8.13. The van der Waals surface area contributed by atoms with Gasteiger partial charge in [-0.05, 0) is 120 Å². The molecule has 4 aliphatic rings. The molecule has 2 heterocycles. The second-order valence-corrected chi connectivity index (χ2v) is 20.6. The number of pyridine rings is 2. The van der Waals surface area contributed by atoms with Crippen LogP contribution in [0.15, 0.2) is 36.4 Å². The Hall–Kier alpha value is -0.775. The highest BCUT2D eigenvalue weighted by Crippen LogP contribution is 2.70. The third kappa shape index (κ3) is 7.66. The highest BCUT2D eigenvalue weighted by molar-refractivity contribution is 7.97. The Kier molecular flexibility index (Phi) is 10.9. The van der Waals surface area contributed by atoms with Crippen molar-refractivity contribution in [1.82, 2.24) is 9.97 Å². The van der Waals surface area contributed by atoms with Crippen molar-refractivity contribution in [1.29, 1.82) is 0 Å². The van der Waals surface area contributed by atoms with E-state index in [1.165, 1.54) is 146 Å². The summed E-state index contributed by atoms with van der Waals surface area (Å²) in [6, 6.07) is 13.5. The topological polar surface area (TPSA) is 25.8 Å². The van der Waals surface area contributed by atoms with E-state index >= 15 is 0 Å². The van der Waals surface area contributed by atoms with Crippen LogP contribution in [0.5, 0.6) is 0 Å². The SMILES string of the molecule is [B][P+](Cc1cccc(-c2cccc(CP(C3CCCCC3)C3CCCCC3)n2)n1)(C1CCCCC1)C1CCCCC1. The standard InChI is InChI=1S/C36H54BN2P2/c37-41(33-21-9-3-10-22-33,34-23-11-4-12-24-34)28-30-16-14-26-36(39-30)35-25-13-15-29(38-35)27-40(31-17-5-1-6-18-31)32-19-7-2-8-20-32/h13-16,25-26,31-34H,1-12,17-24,27-28H2/q+1. The van der Waals surface area contributed by atoms with Gasteiger partial charge < -0.3 is 0 Å². The molecule has 4 fully saturated rings. The van der Waals surface area contributed by atoms with Gasteiger partial charge in [-0.1, -0.05) is 71.4 Å². The summed E-state index contributed by atoms with van der Waals surface area (Å²) in [6.07, 6.45) is 30.6. The summed E-state index contributed by atoms with van der Waals surface area (Å²) in [5.74, 6) is 0. The van der Waals surface area contributed by atoms with E-state index in [0.29, 0.717) is 0 Å². The van der Waals surface area contributed by atoms with Crippen LogP contribution in [0.3, 0.4) is 0 Å². The highest BCUT2D eigenvalue weighted by Gasteiger charge is 2.48. The molecule has 4 aliphatic carbocycles. The molecule has 0 amide bonds. The van der Waals surface area contributed by atoms with E-state index in [-0.39, 0.29) is 7.92 Å².